The summed E-state index contributed by atoms with van der Waals surface area (Å²) in [6.45, 7) is 0. The van der Waals surface area contributed by atoms with E-state index in [1.807, 2.05) is 42.5 Å². The molecule has 0 fully saturated rings. The van der Waals surface area contributed by atoms with Crippen LogP contribution in [0.5, 0.6) is 0 Å². The number of hydrogen-bond acceptors (Lipinski definition) is 1. The molecule has 1 nitrogen and oxygen atoms in total. The summed E-state index contributed by atoms with van der Waals surface area (Å²) in [6.07, 6.45) is -0.522. The van der Waals surface area contributed by atoms with Crippen LogP contribution >= 0.6 is 11.6 Å². The molecule has 0 aromatic heterocycles. The van der Waals surface area contributed by atoms with Gasteiger partial charge in [-0.05, 0) is 40.1 Å². The van der Waals surface area contributed by atoms with Gasteiger partial charge in [0.25, 0.3) is 0 Å². The highest BCUT2D eigenvalue weighted by Crippen LogP contribution is 2.25. The Morgan fingerprint density at radius 1 is 0.952 bits per heavy atom. The summed E-state index contributed by atoms with van der Waals surface area (Å²) in [5.41, 5.74) is 1.24. The van der Waals surface area contributed by atoms with Gasteiger partial charge in [0.2, 0.25) is 0 Å². The molecule has 0 bridgehead atoms. The minimum absolute atomic E-state index is 0.224. The SMILES string of the molecule is OC(Cc1ccc(Cl)cc1F)c1ccc2ccccc2c1. The second-order valence-corrected chi connectivity index (χ2v) is 5.50. The van der Waals surface area contributed by atoms with Crippen molar-refractivity contribution >= 4 is 22.4 Å². The number of aliphatic hydroxyl groups excluding tert-OH is 1. The summed E-state index contributed by atoms with van der Waals surface area (Å²) in [5, 5.41) is 12.9. The summed E-state index contributed by atoms with van der Waals surface area (Å²) >= 11 is 5.73. The van der Waals surface area contributed by atoms with Crippen molar-refractivity contribution in [1.82, 2.24) is 0 Å². The van der Waals surface area contributed by atoms with E-state index in [1.54, 1.807) is 12.1 Å². The lowest BCUT2D eigenvalue weighted by Crippen LogP contribution is -2.03. The van der Waals surface area contributed by atoms with Crippen molar-refractivity contribution < 1.29 is 9.50 Å². The third-order valence-electron chi connectivity index (χ3n) is 3.59. The molecular weight excluding hydrogens is 287 g/mol. The van der Waals surface area contributed by atoms with Crippen LogP contribution in [0.25, 0.3) is 10.8 Å². The summed E-state index contributed by atoms with van der Waals surface area (Å²) in [5.74, 6) is -0.387. The zero-order chi connectivity index (χ0) is 14.8. The average molecular weight is 301 g/mol. The van der Waals surface area contributed by atoms with Crippen LogP contribution in [0.3, 0.4) is 0 Å². The molecule has 0 saturated heterocycles. The highest BCUT2D eigenvalue weighted by atomic mass is 35.5. The lowest BCUT2D eigenvalue weighted by molar-refractivity contribution is 0.177. The average Bonchev–Trinajstić information content (AvgIpc) is 2.49. The van der Waals surface area contributed by atoms with Gasteiger partial charge >= 0.3 is 0 Å². The molecule has 0 spiro atoms. The van der Waals surface area contributed by atoms with Gasteiger partial charge in [0.05, 0.1) is 6.10 Å². The molecule has 21 heavy (non-hydrogen) atoms. The molecule has 106 valence electrons. The maximum absolute atomic E-state index is 13.8. The molecule has 1 N–H and O–H groups in total. The van der Waals surface area contributed by atoms with Gasteiger partial charge in [-0.1, -0.05) is 54.1 Å². The molecule has 3 heteroatoms. The van der Waals surface area contributed by atoms with Gasteiger partial charge in [-0.2, -0.15) is 0 Å². The summed E-state index contributed by atoms with van der Waals surface area (Å²) in [4.78, 5) is 0. The van der Waals surface area contributed by atoms with Crippen molar-refractivity contribution in [2.75, 3.05) is 0 Å². The van der Waals surface area contributed by atoms with E-state index in [4.69, 9.17) is 11.6 Å². The highest BCUT2D eigenvalue weighted by Gasteiger charge is 2.12. The van der Waals surface area contributed by atoms with E-state index in [2.05, 4.69) is 0 Å². The number of benzene rings is 3. The molecule has 0 radical (unpaired) electrons. The van der Waals surface area contributed by atoms with Crippen LogP contribution in [0.15, 0.2) is 60.7 Å². The Kier molecular flexibility index (Phi) is 3.91. The first-order valence-corrected chi connectivity index (χ1v) is 7.12. The second kappa shape index (κ2) is 5.84. The number of rotatable bonds is 3. The van der Waals surface area contributed by atoms with Gasteiger partial charge in [-0.25, -0.2) is 4.39 Å². The van der Waals surface area contributed by atoms with Crippen LogP contribution in [-0.2, 0) is 6.42 Å². The van der Waals surface area contributed by atoms with Crippen LogP contribution in [0.4, 0.5) is 4.39 Å². The molecule has 3 aromatic rings. The predicted molar refractivity (Wildman–Crippen MR) is 84.0 cm³/mol. The Hall–Kier alpha value is -1.90. The van der Waals surface area contributed by atoms with Crippen molar-refractivity contribution in [1.29, 1.82) is 0 Å². The highest BCUT2D eigenvalue weighted by molar-refractivity contribution is 6.30. The van der Waals surface area contributed by atoms with Gasteiger partial charge in [0.1, 0.15) is 5.82 Å². The van der Waals surface area contributed by atoms with E-state index < -0.39 is 6.10 Å². The monoisotopic (exact) mass is 300 g/mol. The molecule has 3 aromatic carbocycles. The third kappa shape index (κ3) is 3.07. The fraction of sp³-hybridized carbons (Fsp3) is 0.111. The van der Waals surface area contributed by atoms with E-state index in [9.17, 15) is 9.50 Å². The molecule has 0 heterocycles. The zero-order valence-electron chi connectivity index (χ0n) is 11.3. The van der Waals surface area contributed by atoms with E-state index in [1.165, 1.54) is 6.07 Å². The summed E-state index contributed by atoms with van der Waals surface area (Å²) in [7, 11) is 0. The first kappa shape index (κ1) is 14.1. The van der Waals surface area contributed by atoms with Gasteiger partial charge < -0.3 is 5.11 Å². The van der Waals surface area contributed by atoms with Gasteiger partial charge in [0, 0.05) is 11.4 Å². The Bertz CT molecular complexity index is 785. The first-order valence-electron chi connectivity index (χ1n) is 6.74. The maximum Gasteiger partial charge on any atom is 0.127 e. The van der Waals surface area contributed by atoms with Crippen LogP contribution in [0, 0.1) is 5.82 Å². The number of halogens is 2. The number of aliphatic hydroxyl groups is 1. The minimum Gasteiger partial charge on any atom is -0.388 e. The molecule has 0 amide bonds. The molecule has 3 rings (SSSR count). The molecule has 1 unspecified atom stereocenters. The van der Waals surface area contributed by atoms with Gasteiger partial charge in [0.15, 0.2) is 0 Å². The molecule has 0 saturated carbocycles. The maximum atomic E-state index is 13.8. The normalized spacial score (nSPS) is 12.5. The molecule has 0 aliphatic carbocycles. The minimum atomic E-state index is -0.745. The van der Waals surface area contributed by atoms with Crippen molar-refractivity contribution in [2.45, 2.75) is 12.5 Å². The van der Waals surface area contributed by atoms with Crippen LogP contribution in [0.1, 0.15) is 17.2 Å². The topological polar surface area (TPSA) is 20.2 Å². The lowest BCUT2D eigenvalue weighted by atomic mass is 9.98. The number of hydrogen-bond donors (Lipinski definition) is 1. The molecule has 0 aliphatic heterocycles. The largest absolute Gasteiger partial charge is 0.388 e. The van der Waals surface area contributed by atoms with Crippen LogP contribution < -0.4 is 0 Å². The van der Waals surface area contributed by atoms with E-state index in [-0.39, 0.29) is 12.2 Å². The van der Waals surface area contributed by atoms with Crippen molar-refractivity contribution in [3.63, 3.8) is 0 Å². The Balaban J connectivity index is 1.87. The smallest absolute Gasteiger partial charge is 0.127 e. The second-order valence-electron chi connectivity index (χ2n) is 5.06. The lowest BCUT2D eigenvalue weighted by Gasteiger charge is -2.13. The fourth-order valence-electron chi connectivity index (χ4n) is 2.43. The van der Waals surface area contributed by atoms with Crippen molar-refractivity contribution in [3.05, 3.63) is 82.6 Å². The first-order chi connectivity index (χ1) is 10.1. The predicted octanol–water partition coefficient (Wildman–Crippen LogP) is 4.91. The fourth-order valence-corrected chi connectivity index (χ4v) is 2.59. The quantitative estimate of drug-likeness (QED) is 0.729. The van der Waals surface area contributed by atoms with Gasteiger partial charge in [-0.3, -0.25) is 0 Å². The summed E-state index contributed by atoms with van der Waals surface area (Å²) < 4.78 is 13.8. The van der Waals surface area contributed by atoms with Crippen molar-refractivity contribution in [3.8, 4) is 0 Å². The van der Waals surface area contributed by atoms with E-state index >= 15 is 0 Å². The summed E-state index contributed by atoms with van der Waals surface area (Å²) in [6, 6.07) is 18.2. The Labute approximate surface area is 127 Å². The standard InChI is InChI=1S/C18H14ClFO/c19-16-8-7-14(17(20)11-16)10-18(21)15-6-5-12-3-1-2-4-13(12)9-15/h1-9,11,18,21H,10H2. The zero-order valence-corrected chi connectivity index (χ0v) is 12.0. The van der Waals surface area contributed by atoms with Crippen molar-refractivity contribution in [2.24, 2.45) is 0 Å². The Morgan fingerprint density at radius 3 is 2.48 bits per heavy atom. The van der Waals surface area contributed by atoms with Gasteiger partial charge in [-0.15, -0.1) is 0 Å². The molecule has 1 atom stereocenters. The Morgan fingerprint density at radius 2 is 1.71 bits per heavy atom. The van der Waals surface area contributed by atoms with Crippen LogP contribution in [0.2, 0.25) is 5.02 Å². The van der Waals surface area contributed by atoms with E-state index in [0.717, 1.165) is 16.3 Å². The number of fused-ring (bicyclic) bond motifs is 1. The third-order valence-corrected chi connectivity index (χ3v) is 3.82. The molecule has 0 aliphatic rings. The molecular formula is C18H14ClFO. The van der Waals surface area contributed by atoms with Crippen LogP contribution in [-0.4, -0.2) is 5.11 Å². The van der Waals surface area contributed by atoms with E-state index in [0.29, 0.717) is 10.6 Å².